The molecule has 1 aliphatic heterocycles. The minimum Gasteiger partial charge on any atom is -0.342 e. The van der Waals surface area contributed by atoms with Gasteiger partial charge in [0.05, 0.1) is 0 Å². The van der Waals surface area contributed by atoms with Crippen LogP contribution in [-0.4, -0.2) is 23.9 Å². The van der Waals surface area contributed by atoms with Crippen molar-refractivity contribution in [1.29, 1.82) is 0 Å². The van der Waals surface area contributed by atoms with Crippen molar-refractivity contribution in [2.24, 2.45) is 5.92 Å². The number of amides is 1. The lowest BCUT2D eigenvalue weighted by Crippen LogP contribution is -2.39. The van der Waals surface area contributed by atoms with Crippen molar-refractivity contribution in [3.63, 3.8) is 0 Å². The van der Waals surface area contributed by atoms with E-state index in [2.05, 4.69) is 6.58 Å². The zero-order valence-corrected chi connectivity index (χ0v) is 11.9. The lowest BCUT2D eigenvalue weighted by atomic mass is 9.91. The molecule has 1 fully saturated rings. The van der Waals surface area contributed by atoms with Gasteiger partial charge in [-0.15, -0.1) is 6.58 Å². The molecule has 1 aliphatic rings. The van der Waals surface area contributed by atoms with Gasteiger partial charge in [-0.05, 0) is 49.3 Å². The summed E-state index contributed by atoms with van der Waals surface area (Å²) in [6.07, 6.45) is 6.21. The van der Waals surface area contributed by atoms with Gasteiger partial charge in [-0.1, -0.05) is 18.2 Å². The molecule has 1 atom stereocenters. The third kappa shape index (κ3) is 4.19. The molecule has 0 aliphatic carbocycles. The maximum absolute atomic E-state index is 13.1. The largest absolute Gasteiger partial charge is 0.342 e. The van der Waals surface area contributed by atoms with E-state index in [1.807, 2.05) is 11.0 Å². The Kier molecular flexibility index (Phi) is 5.33. The van der Waals surface area contributed by atoms with Crippen LogP contribution in [-0.2, 0) is 11.2 Å². The van der Waals surface area contributed by atoms with Crippen molar-refractivity contribution in [2.75, 3.05) is 13.1 Å². The average molecular weight is 275 g/mol. The average Bonchev–Trinajstić information content (AvgIpc) is 2.46. The Balaban J connectivity index is 1.84. The standard InChI is InChI=1S/C17H22FNO/c1-2-5-17(20)19-11-4-7-15(13-19)10-9-14-6-3-8-16(18)12-14/h2-3,6,8,12,15H,1,4-5,7,9-11,13H2. The molecule has 0 spiro atoms. The van der Waals surface area contributed by atoms with Crippen LogP contribution in [0.2, 0.25) is 0 Å². The second kappa shape index (κ2) is 7.22. The number of likely N-dealkylation sites (tertiary alicyclic amines) is 1. The third-order valence-corrected chi connectivity index (χ3v) is 3.92. The van der Waals surface area contributed by atoms with Gasteiger partial charge in [0.2, 0.25) is 5.91 Å². The van der Waals surface area contributed by atoms with Gasteiger partial charge in [0, 0.05) is 19.5 Å². The molecule has 0 radical (unpaired) electrons. The molecule has 0 bridgehead atoms. The predicted octanol–water partition coefficient (Wildman–Crippen LogP) is 3.57. The zero-order chi connectivity index (χ0) is 14.4. The van der Waals surface area contributed by atoms with Crippen LogP contribution in [0.5, 0.6) is 0 Å². The zero-order valence-electron chi connectivity index (χ0n) is 11.9. The van der Waals surface area contributed by atoms with Gasteiger partial charge in [0.15, 0.2) is 0 Å². The van der Waals surface area contributed by atoms with Crippen LogP contribution in [0.25, 0.3) is 0 Å². The molecular weight excluding hydrogens is 253 g/mol. The summed E-state index contributed by atoms with van der Waals surface area (Å²) in [5.41, 5.74) is 1.04. The van der Waals surface area contributed by atoms with Gasteiger partial charge < -0.3 is 4.90 Å². The minimum absolute atomic E-state index is 0.172. The first-order valence-corrected chi connectivity index (χ1v) is 7.32. The van der Waals surface area contributed by atoms with Crippen LogP contribution < -0.4 is 0 Å². The highest BCUT2D eigenvalue weighted by Gasteiger charge is 2.22. The van der Waals surface area contributed by atoms with Crippen molar-refractivity contribution < 1.29 is 9.18 Å². The molecular formula is C17H22FNO. The van der Waals surface area contributed by atoms with Gasteiger partial charge in [-0.25, -0.2) is 4.39 Å². The summed E-state index contributed by atoms with van der Waals surface area (Å²) in [5, 5.41) is 0. The van der Waals surface area contributed by atoms with E-state index in [9.17, 15) is 9.18 Å². The van der Waals surface area contributed by atoms with Crippen LogP contribution in [0.15, 0.2) is 36.9 Å². The van der Waals surface area contributed by atoms with Crippen molar-refractivity contribution in [3.8, 4) is 0 Å². The Morgan fingerprint density at radius 1 is 1.50 bits per heavy atom. The maximum atomic E-state index is 13.1. The first kappa shape index (κ1) is 14.8. The number of rotatable bonds is 5. The fourth-order valence-electron chi connectivity index (χ4n) is 2.84. The molecule has 0 N–H and O–H groups in total. The van der Waals surface area contributed by atoms with Gasteiger partial charge in [0.25, 0.3) is 0 Å². The predicted molar refractivity (Wildman–Crippen MR) is 78.8 cm³/mol. The Labute approximate surface area is 120 Å². The number of nitrogens with zero attached hydrogens (tertiary/aromatic N) is 1. The maximum Gasteiger partial charge on any atom is 0.226 e. The molecule has 1 heterocycles. The summed E-state index contributed by atoms with van der Waals surface area (Å²) in [6, 6.07) is 6.79. The smallest absolute Gasteiger partial charge is 0.226 e. The molecule has 3 heteroatoms. The highest BCUT2D eigenvalue weighted by molar-refractivity contribution is 5.77. The fraction of sp³-hybridized carbons (Fsp3) is 0.471. The van der Waals surface area contributed by atoms with E-state index in [4.69, 9.17) is 0 Å². The van der Waals surface area contributed by atoms with Crippen LogP contribution >= 0.6 is 0 Å². The normalized spacial score (nSPS) is 18.9. The molecule has 1 aromatic rings. The SMILES string of the molecule is C=CCC(=O)N1CCCC(CCc2cccc(F)c2)C1. The number of benzene rings is 1. The number of hydrogen-bond acceptors (Lipinski definition) is 1. The Hall–Kier alpha value is -1.64. The number of halogens is 1. The Morgan fingerprint density at radius 3 is 3.10 bits per heavy atom. The fourth-order valence-corrected chi connectivity index (χ4v) is 2.84. The van der Waals surface area contributed by atoms with Crippen LogP contribution in [0.4, 0.5) is 4.39 Å². The van der Waals surface area contributed by atoms with Gasteiger partial charge >= 0.3 is 0 Å². The summed E-state index contributed by atoms with van der Waals surface area (Å²) in [7, 11) is 0. The van der Waals surface area contributed by atoms with E-state index in [0.29, 0.717) is 12.3 Å². The lowest BCUT2D eigenvalue weighted by Gasteiger charge is -2.32. The van der Waals surface area contributed by atoms with Crippen molar-refractivity contribution in [1.82, 2.24) is 4.90 Å². The van der Waals surface area contributed by atoms with E-state index >= 15 is 0 Å². The quantitative estimate of drug-likeness (QED) is 0.752. The first-order valence-electron chi connectivity index (χ1n) is 7.32. The monoisotopic (exact) mass is 275 g/mol. The lowest BCUT2D eigenvalue weighted by molar-refractivity contribution is -0.132. The van der Waals surface area contributed by atoms with Crippen molar-refractivity contribution in [2.45, 2.75) is 32.1 Å². The number of carbonyl (C=O) groups excluding carboxylic acids is 1. The molecule has 2 rings (SSSR count). The Morgan fingerprint density at radius 2 is 2.35 bits per heavy atom. The second-order valence-corrected chi connectivity index (χ2v) is 5.51. The van der Waals surface area contributed by atoms with Gasteiger partial charge in [0.1, 0.15) is 5.82 Å². The summed E-state index contributed by atoms with van der Waals surface area (Å²) < 4.78 is 13.1. The number of hydrogen-bond donors (Lipinski definition) is 0. The summed E-state index contributed by atoms with van der Waals surface area (Å²) in [6.45, 7) is 5.32. The highest BCUT2D eigenvalue weighted by Crippen LogP contribution is 2.22. The molecule has 20 heavy (non-hydrogen) atoms. The molecule has 0 aromatic heterocycles. The van der Waals surface area contributed by atoms with Gasteiger partial charge in [-0.3, -0.25) is 4.79 Å². The summed E-state index contributed by atoms with van der Waals surface area (Å²) >= 11 is 0. The van der Waals surface area contributed by atoms with Crippen LogP contribution in [0.3, 0.4) is 0 Å². The van der Waals surface area contributed by atoms with E-state index in [1.165, 1.54) is 6.07 Å². The molecule has 1 saturated heterocycles. The first-order chi connectivity index (χ1) is 9.69. The van der Waals surface area contributed by atoms with E-state index in [-0.39, 0.29) is 11.7 Å². The molecule has 1 unspecified atom stereocenters. The Bertz CT molecular complexity index is 472. The minimum atomic E-state index is -0.172. The topological polar surface area (TPSA) is 20.3 Å². The summed E-state index contributed by atoms with van der Waals surface area (Å²) in [4.78, 5) is 13.8. The second-order valence-electron chi connectivity index (χ2n) is 5.51. The number of aryl methyl sites for hydroxylation is 1. The van der Waals surface area contributed by atoms with Crippen LogP contribution in [0, 0.1) is 11.7 Å². The highest BCUT2D eigenvalue weighted by atomic mass is 19.1. The molecule has 0 saturated carbocycles. The number of carbonyl (C=O) groups is 1. The van der Waals surface area contributed by atoms with Crippen molar-refractivity contribution in [3.05, 3.63) is 48.3 Å². The van der Waals surface area contributed by atoms with Gasteiger partial charge in [-0.2, -0.15) is 0 Å². The summed E-state index contributed by atoms with van der Waals surface area (Å²) in [5.74, 6) is 0.533. The van der Waals surface area contributed by atoms with E-state index in [0.717, 1.165) is 44.3 Å². The van der Waals surface area contributed by atoms with Crippen molar-refractivity contribution >= 4 is 5.91 Å². The number of piperidine rings is 1. The third-order valence-electron chi connectivity index (χ3n) is 3.92. The molecule has 108 valence electrons. The van der Waals surface area contributed by atoms with E-state index in [1.54, 1.807) is 18.2 Å². The molecule has 2 nitrogen and oxygen atoms in total. The van der Waals surface area contributed by atoms with Crippen LogP contribution in [0.1, 0.15) is 31.2 Å². The molecule has 1 amide bonds. The van der Waals surface area contributed by atoms with E-state index < -0.39 is 0 Å². The molecule has 1 aromatic carbocycles.